The van der Waals surface area contributed by atoms with E-state index in [1.807, 2.05) is 0 Å². The standard InChI is InChI=1S/C69H116O6/c1-4-7-10-13-16-19-22-25-27-28-29-30-31-32-33-34-35-36-37-38-39-40-41-42-43-45-47-50-53-56-59-62-68(71)74-65-66(64-73-67(70)61-58-55-52-49-46-24-21-18-15-12-9-6-3)75-69(72)63-60-57-54-51-48-44-26-23-20-17-14-11-8-5-2/h7,10,16,18-19,21,23,25-27,29-30,32-33,35-36,38-39,66H,4-6,8-9,11-15,17,20,22,24,28,31,34,37,40-65H2,1-3H3/b10-7-,19-16-,21-18-,26-23-,27-25-,30-29-,33-32-,36-35-,39-38-. The van der Waals surface area contributed by atoms with Crippen LogP contribution in [0, 0.1) is 0 Å². The van der Waals surface area contributed by atoms with E-state index in [9.17, 15) is 14.4 Å². The molecule has 0 rings (SSSR count). The van der Waals surface area contributed by atoms with Gasteiger partial charge in [0.2, 0.25) is 0 Å². The van der Waals surface area contributed by atoms with Crippen molar-refractivity contribution in [1.82, 2.24) is 0 Å². The van der Waals surface area contributed by atoms with Gasteiger partial charge in [0, 0.05) is 19.3 Å². The lowest BCUT2D eigenvalue weighted by atomic mass is 10.1. The van der Waals surface area contributed by atoms with Crippen molar-refractivity contribution in [2.75, 3.05) is 13.2 Å². The Morgan fingerprint density at radius 3 is 0.853 bits per heavy atom. The third-order valence-corrected chi connectivity index (χ3v) is 13.2. The zero-order valence-electron chi connectivity index (χ0n) is 49.0. The second kappa shape index (κ2) is 62.6. The second-order valence-corrected chi connectivity index (χ2v) is 20.6. The van der Waals surface area contributed by atoms with Crippen molar-refractivity contribution >= 4 is 17.9 Å². The van der Waals surface area contributed by atoms with Gasteiger partial charge in [-0.25, -0.2) is 0 Å². The summed E-state index contributed by atoms with van der Waals surface area (Å²) < 4.78 is 16.9. The van der Waals surface area contributed by atoms with Crippen LogP contribution in [0.5, 0.6) is 0 Å². The molecule has 0 aliphatic rings. The number of esters is 3. The molecule has 75 heavy (non-hydrogen) atoms. The Kier molecular flexibility index (Phi) is 59.3. The summed E-state index contributed by atoms with van der Waals surface area (Å²) in [7, 11) is 0. The number of unbranched alkanes of at least 4 members (excludes halogenated alkanes) is 27. The zero-order valence-corrected chi connectivity index (χ0v) is 49.0. The summed E-state index contributed by atoms with van der Waals surface area (Å²) >= 11 is 0. The van der Waals surface area contributed by atoms with Crippen molar-refractivity contribution in [2.24, 2.45) is 0 Å². The topological polar surface area (TPSA) is 78.9 Å². The number of rotatable bonds is 56. The number of allylic oxidation sites excluding steroid dienone is 18. The summed E-state index contributed by atoms with van der Waals surface area (Å²) in [6, 6.07) is 0. The van der Waals surface area contributed by atoms with Crippen LogP contribution in [0.1, 0.15) is 290 Å². The van der Waals surface area contributed by atoms with Crippen LogP contribution in [0.2, 0.25) is 0 Å². The van der Waals surface area contributed by atoms with Crippen LogP contribution in [0.3, 0.4) is 0 Å². The molecule has 0 saturated carbocycles. The van der Waals surface area contributed by atoms with E-state index >= 15 is 0 Å². The lowest BCUT2D eigenvalue weighted by Crippen LogP contribution is -2.30. The minimum Gasteiger partial charge on any atom is -0.462 e. The van der Waals surface area contributed by atoms with E-state index in [2.05, 4.69) is 130 Å². The van der Waals surface area contributed by atoms with Gasteiger partial charge < -0.3 is 14.2 Å². The lowest BCUT2D eigenvalue weighted by molar-refractivity contribution is -0.167. The molecule has 0 aromatic heterocycles. The van der Waals surface area contributed by atoms with E-state index in [0.717, 1.165) is 128 Å². The fraction of sp³-hybridized carbons (Fsp3) is 0.696. The van der Waals surface area contributed by atoms with Gasteiger partial charge in [-0.2, -0.15) is 0 Å². The fourth-order valence-electron chi connectivity index (χ4n) is 8.53. The average Bonchev–Trinajstić information content (AvgIpc) is 3.41. The van der Waals surface area contributed by atoms with Crippen molar-refractivity contribution in [2.45, 2.75) is 297 Å². The van der Waals surface area contributed by atoms with Gasteiger partial charge in [0.05, 0.1) is 0 Å². The average molecular weight is 1040 g/mol. The molecule has 0 aliphatic heterocycles. The molecule has 0 saturated heterocycles. The number of ether oxygens (including phenoxy) is 3. The van der Waals surface area contributed by atoms with Crippen molar-refractivity contribution in [3.63, 3.8) is 0 Å². The van der Waals surface area contributed by atoms with Crippen LogP contribution in [-0.2, 0) is 28.6 Å². The summed E-state index contributed by atoms with van der Waals surface area (Å²) in [6.45, 7) is 6.48. The first-order valence-electron chi connectivity index (χ1n) is 31.4. The minimum atomic E-state index is -0.789. The first-order chi connectivity index (χ1) is 37.0. The highest BCUT2D eigenvalue weighted by Gasteiger charge is 2.19. The van der Waals surface area contributed by atoms with E-state index in [1.54, 1.807) is 0 Å². The van der Waals surface area contributed by atoms with E-state index in [1.165, 1.54) is 122 Å². The van der Waals surface area contributed by atoms with Crippen LogP contribution < -0.4 is 0 Å². The molecule has 0 aromatic carbocycles. The SMILES string of the molecule is CC/C=C\C/C=C\C/C=C\C/C=C\C/C=C\C/C=C\C/C=C\CCCCCCCCCCCC(=O)OCC(COC(=O)CCCCCCC/C=C\CCCCC)OC(=O)CCCCCCC/C=C\CCCCCCC. The van der Waals surface area contributed by atoms with Gasteiger partial charge in [-0.15, -0.1) is 0 Å². The third-order valence-electron chi connectivity index (χ3n) is 13.2. The summed E-state index contributed by atoms with van der Waals surface area (Å²) in [6.07, 6.45) is 85.2. The van der Waals surface area contributed by atoms with Crippen molar-refractivity contribution < 1.29 is 28.6 Å². The number of hydrogen-bond acceptors (Lipinski definition) is 6. The molecule has 0 heterocycles. The van der Waals surface area contributed by atoms with Crippen molar-refractivity contribution in [3.8, 4) is 0 Å². The molecule has 0 aromatic rings. The fourth-order valence-corrected chi connectivity index (χ4v) is 8.53. The van der Waals surface area contributed by atoms with Crippen molar-refractivity contribution in [3.05, 3.63) is 109 Å². The Hall–Kier alpha value is -3.93. The molecule has 6 heteroatoms. The van der Waals surface area contributed by atoms with Gasteiger partial charge in [0.15, 0.2) is 6.10 Å². The molecule has 1 unspecified atom stereocenters. The third kappa shape index (κ3) is 60.8. The number of hydrogen-bond donors (Lipinski definition) is 0. The molecule has 1 atom stereocenters. The Balaban J connectivity index is 4.25. The van der Waals surface area contributed by atoms with Crippen LogP contribution in [0.15, 0.2) is 109 Å². The summed E-state index contributed by atoms with van der Waals surface area (Å²) in [5.74, 6) is -0.906. The first-order valence-corrected chi connectivity index (χ1v) is 31.4. The number of carbonyl (C=O) groups excluding carboxylic acids is 3. The molecule has 6 nitrogen and oxygen atoms in total. The van der Waals surface area contributed by atoms with Crippen LogP contribution >= 0.6 is 0 Å². The van der Waals surface area contributed by atoms with E-state index < -0.39 is 6.10 Å². The van der Waals surface area contributed by atoms with Gasteiger partial charge in [0.25, 0.3) is 0 Å². The molecule has 0 fully saturated rings. The number of carbonyl (C=O) groups is 3. The molecule has 0 bridgehead atoms. The van der Waals surface area contributed by atoms with Gasteiger partial charge in [-0.05, 0) is 128 Å². The summed E-state index contributed by atoms with van der Waals surface area (Å²) in [5, 5.41) is 0. The Labute approximate surface area is 463 Å². The normalized spacial score (nSPS) is 12.8. The summed E-state index contributed by atoms with van der Waals surface area (Å²) in [4.78, 5) is 38.2. The van der Waals surface area contributed by atoms with Gasteiger partial charge in [-0.3, -0.25) is 14.4 Å². The highest BCUT2D eigenvalue weighted by Crippen LogP contribution is 2.15. The first kappa shape index (κ1) is 71.1. The Bertz CT molecular complexity index is 1520. The molecule has 0 N–H and O–H groups in total. The van der Waals surface area contributed by atoms with Gasteiger partial charge in [0.1, 0.15) is 13.2 Å². The van der Waals surface area contributed by atoms with Gasteiger partial charge in [-0.1, -0.05) is 252 Å². The Morgan fingerprint density at radius 2 is 0.520 bits per heavy atom. The Morgan fingerprint density at radius 1 is 0.280 bits per heavy atom. The molecule has 0 aliphatic carbocycles. The molecule has 0 amide bonds. The zero-order chi connectivity index (χ0) is 54.3. The van der Waals surface area contributed by atoms with Gasteiger partial charge >= 0.3 is 17.9 Å². The highest BCUT2D eigenvalue weighted by molar-refractivity contribution is 5.71. The molecule has 0 spiro atoms. The van der Waals surface area contributed by atoms with Crippen LogP contribution in [0.25, 0.3) is 0 Å². The molecular formula is C69H116O6. The van der Waals surface area contributed by atoms with Crippen LogP contribution in [0.4, 0.5) is 0 Å². The highest BCUT2D eigenvalue weighted by atomic mass is 16.6. The summed E-state index contributed by atoms with van der Waals surface area (Å²) in [5.41, 5.74) is 0. The molecule has 428 valence electrons. The van der Waals surface area contributed by atoms with E-state index in [4.69, 9.17) is 14.2 Å². The smallest absolute Gasteiger partial charge is 0.306 e. The largest absolute Gasteiger partial charge is 0.462 e. The minimum absolute atomic E-state index is 0.0868. The lowest BCUT2D eigenvalue weighted by Gasteiger charge is -2.18. The van der Waals surface area contributed by atoms with Crippen molar-refractivity contribution in [1.29, 1.82) is 0 Å². The predicted octanol–water partition coefficient (Wildman–Crippen LogP) is 21.4. The quantitative estimate of drug-likeness (QED) is 0.0261. The maximum atomic E-state index is 12.9. The van der Waals surface area contributed by atoms with Crippen LogP contribution in [-0.4, -0.2) is 37.2 Å². The second-order valence-electron chi connectivity index (χ2n) is 20.6. The predicted molar refractivity (Wildman–Crippen MR) is 325 cm³/mol. The van der Waals surface area contributed by atoms with E-state index in [-0.39, 0.29) is 31.1 Å². The maximum Gasteiger partial charge on any atom is 0.306 e. The maximum absolute atomic E-state index is 12.9. The molecule has 0 radical (unpaired) electrons. The molecular weight excluding hydrogens is 925 g/mol. The monoisotopic (exact) mass is 1040 g/mol. The van der Waals surface area contributed by atoms with E-state index in [0.29, 0.717) is 19.3 Å².